The second-order valence-electron chi connectivity index (χ2n) is 5.09. The summed E-state index contributed by atoms with van der Waals surface area (Å²) in [5.74, 6) is 0.443. The Morgan fingerprint density at radius 1 is 1.28 bits per heavy atom. The summed E-state index contributed by atoms with van der Waals surface area (Å²) < 4.78 is 18.1. The maximum Gasteiger partial charge on any atom is 0.136 e. The van der Waals surface area contributed by atoms with E-state index < -0.39 is 0 Å². The smallest absolute Gasteiger partial charge is 0.136 e. The van der Waals surface area contributed by atoms with Crippen molar-refractivity contribution in [1.82, 2.24) is 4.98 Å². The molecule has 0 aliphatic heterocycles. The van der Waals surface area contributed by atoms with Gasteiger partial charge >= 0.3 is 0 Å². The number of nitrogens with zero attached hydrogens (tertiary/aromatic N) is 2. The summed E-state index contributed by atoms with van der Waals surface area (Å²) >= 11 is 1.39. The average molecular weight is 351 g/mol. The minimum Gasteiger partial charge on any atom is -0.497 e. The van der Waals surface area contributed by atoms with Crippen LogP contribution in [0.3, 0.4) is 0 Å². The molecule has 0 fully saturated rings. The fraction of sp³-hybridized carbons (Fsp3) is 0.0526. The molecule has 1 heterocycles. The molecule has 0 bridgehead atoms. The number of rotatable bonds is 5. The summed E-state index contributed by atoms with van der Waals surface area (Å²) in [6.07, 6.45) is 1.57. The van der Waals surface area contributed by atoms with Gasteiger partial charge in [-0.25, -0.2) is 9.37 Å². The highest BCUT2D eigenvalue weighted by molar-refractivity contribution is 7.11. The number of nitriles is 1. The highest BCUT2D eigenvalue weighted by Crippen LogP contribution is 2.28. The minimum absolute atomic E-state index is 0.308. The molecule has 3 rings (SSSR count). The lowest BCUT2D eigenvalue weighted by Crippen LogP contribution is -1.91. The zero-order valence-corrected chi connectivity index (χ0v) is 14.2. The molecule has 25 heavy (non-hydrogen) atoms. The molecule has 0 aliphatic rings. The highest BCUT2D eigenvalue weighted by atomic mass is 32.1. The van der Waals surface area contributed by atoms with Crippen molar-refractivity contribution in [1.29, 1.82) is 5.26 Å². The summed E-state index contributed by atoms with van der Waals surface area (Å²) in [7, 11) is 1.61. The first-order valence-corrected chi connectivity index (χ1v) is 8.30. The van der Waals surface area contributed by atoms with E-state index >= 15 is 0 Å². The molecular formula is C19H14FN3OS. The van der Waals surface area contributed by atoms with Crippen LogP contribution in [0, 0.1) is 17.1 Å². The van der Waals surface area contributed by atoms with Crippen LogP contribution in [0.2, 0.25) is 0 Å². The molecule has 0 amide bonds. The average Bonchev–Trinajstić information content (AvgIpc) is 3.14. The van der Waals surface area contributed by atoms with Crippen LogP contribution >= 0.6 is 11.3 Å². The second-order valence-corrected chi connectivity index (χ2v) is 5.95. The maximum absolute atomic E-state index is 12.9. The molecule has 1 aromatic heterocycles. The molecule has 4 nitrogen and oxygen atoms in total. The molecule has 124 valence electrons. The lowest BCUT2D eigenvalue weighted by molar-refractivity contribution is 0.415. The Bertz CT molecular complexity index is 942. The van der Waals surface area contributed by atoms with E-state index in [9.17, 15) is 9.65 Å². The van der Waals surface area contributed by atoms with Crippen LogP contribution < -0.4 is 10.1 Å². The Hall–Kier alpha value is -3.17. The number of nitrogens with one attached hydrogen (secondary N) is 1. The summed E-state index contributed by atoms with van der Waals surface area (Å²) in [5, 5.41) is 14.9. The number of methoxy groups -OCH3 is 1. The van der Waals surface area contributed by atoms with E-state index in [-0.39, 0.29) is 5.82 Å². The molecular weight excluding hydrogens is 337 g/mol. The molecule has 0 saturated heterocycles. The Morgan fingerprint density at radius 2 is 2.08 bits per heavy atom. The molecule has 0 atom stereocenters. The molecule has 3 aromatic rings. The molecule has 6 heteroatoms. The normalized spacial score (nSPS) is 11.0. The fourth-order valence-corrected chi connectivity index (χ4v) is 2.95. The van der Waals surface area contributed by atoms with Crippen molar-refractivity contribution in [3.8, 4) is 23.1 Å². The summed E-state index contributed by atoms with van der Waals surface area (Å²) in [6, 6.07) is 15.6. The number of benzene rings is 2. The summed E-state index contributed by atoms with van der Waals surface area (Å²) in [6.45, 7) is 0. The highest BCUT2D eigenvalue weighted by Gasteiger charge is 2.09. The van der Waals surface area contributed by atoms with Crippen molar-refractivity contribution in [2.24, 2.45) is 0 Å². The van der Waals surface area contributed by atoms with E-state index in [1.807, 2.05) is 29.6 Å². The molecule has 0 spiro atoms. The van der Waals surface area contributed by atoms with Crippen LogP contribution in [0.1, 0.15) is 5.01 Å². The van der Waals surface area contributed by atoms with Crippen LogP contribution in [0.4, 0.5) is 10.1 Å². The monoisotopic (exact) mass is 351 g/mol. The molecule has 0 unspecified atom stereocenters. The Labute approximate surface area is 148 Å². The third kappa shape index (κ3) is 4.03. The van der Waals surface area contributed by atoms with Gasteiger partial charge in [-0.05, 0) is 36.4 Å². The molecule has 2 aromatic carbocycles. The predicted molar refractivity (Wildman–Crippen MR) is 97.7 cm³/mol. The van der Waals surface area contributed by atoms with Gasteiger partial charge in [0, 0.05) is 22.8 Å². The van der Waals surface area contributed by atoms with Crippen molar-refractivity contribution in [2.75, 3.05) is 12.4 Å². The lowest BCUT2D eigenvalue weighted by Gasteiger charge is -2.02. The van der Waals surface area contributed by atoms with Gasteiger partial charge in [0.15, 0.2) is 0 Å². The SMILES string of the molecule is COc1cccc(-c2csc(/C(C#N)=C/Nc3ccc(F)cc3)n2)c1. The third-order valence-corrected chi connectivity index (χ3v) is 4.32. The first-order chi connectivity index (χ1) is 12.2. The van der Waals surface area contributed by atoms with Gasteiger partial charge in [0.25, 0.3) is 0 Å². The number of ether oxygens (including phenoxy) is 1. The molecule has 0 aliphatic carbocycles. The number of allylic oxidation sites excluding steroid dienone is 1. The number of thiazole rings is 1. The van der Waals surface area contributed by atoms with Crippen LogP contribution in [0.15, 0.2) is 60.1 Å². The number of aromatic nitrogens is 1. The lowest BCUT2D eigenvalue weighted by atomic mass is 10.1. The zero-order chi connectivity index (χ0) is 17.6. The second kappa shape index (κ2) is 7.60. The van der Waals surface area contributed by atoms with Gasteiger partial charge in [-0.1, -0.05) is 12.1 Å². The fourth-order valence-electron chi connectivity index (χ4n) is 2.16. The predicted octanol–water partition coefficient (Wildman–Crippen LogP) is 4.93. The van der Waals surface area contributed by atoms with Crippen LogP contribution in [-0.2, 0) is 0 Å². The van der Waals surface area contributed by atoms with E-state index in [0.717, 1.165) is 17.0 Å². The van der Waals surface area contributed by atoms with Crippen molar-refractivity contribution >= 4 is 22.6 Å². The van der Waals surface area contributed by atoms with E-state index in [2.05, 4.69) is 16.4 Å². The van der Waals surface area contributed by atoms with Crippen LogP contribution in [0.25, 0.3) is 16.8 Å². The van der Waals surface area contributed by atoms with E-state index in [1.54, 1.807) is 25.4 Å². The standard InChI is InChI=1S/C19H14FN3OS/c1-24-17-4-2-3-13(9-17)18-12-25-19(23-18)14(10-21)11-22-16-7-5-15(20)6-8-16/h2-9,11-12,22H,1H3/b14-11+. The number of hydrogen-bond acceptors (Lipinski definition) is 5. The van der Waals surface area contributed by atoms with Crippen molar-refractivity contribution in [3.63, 3.8) is 0 Å². The van der Waals surface area contributed by atoms with E-state index in [4.69, 9.17) is 4.74 Å². The van der Waals surface area contributed by atoms with Gasteiger partial charge < -0.3 is 10.1 Å². The van der Waals surface area contributed by atoms with Gasteiger partial charge in [0.05, 0.1) is 12.8 Å². The van der Waals surface area contributed by atoms with E-state index in [0.29, 0.717) is 16.3 Å². The van der Waals surface area contributed by atoms with Gasteiger partial charge in [-0.2, -0.15) is 5.26 Å². The third-order valence-electron chi connectivity index (χ3n) is 3.45. The van der Waals surface area contributed by atoms with Crippen LogP contribution in [0.5, 0.6) is 5.75 Å². The quantitative estimate of drug-likeness (QED) is 0.662. The van der Waals surface area contributed by atoms with Gasteiger partial charge in [0.1, 0.15) is 28.2 Å². The van der Waals surface area contributed by atoms with E-state index in [1.165, 1.54) is 23.5 Å². The van der Waals surface area contributed by atoms with Crippen molar-refractivity contribution in [2.45, 2.75) is 0 Å². The van der Waals surface area contributed by atoms with Gasteiger partial charge in [-0.15, -0.1) is 11.3 Å². The largest absolute Gasteiger partial charge is 0.497 e. The van der Waals surface area contributed by atoms with Gasteiger partial charge in [-0.3, -0.25) is 0 Å². The van der Waals surface area contributed by atoms with Crippen molar-refractivity contribution < 1.29 is 9.13 Å². The van der Waals surface area contributed by atoms with Crippen LogP contribution in [-0.4, -0.2) is 12.1 Å². The first kappa shape index (κ1) is 16.7. The number of hydrogen-bond donors (Lipinski definition) is 1. The summed E-state index contributed by atoms with van der Waals surface area (Å²) in [4.78, 5) is 4.53. The molecule has 0 saturated carbocycles. The Kier molecular flexibility index (Phi) is 5.07. The molecule has 0 radical (unpaired) electrons. The number of anilines is 1. The Balaban J connectivity index is 1.82. The zero-order valence-electron chi connectivity index (χ0n) is 13.4. The van der Waals surface area contributed by atoms with Crippen molar-refractivity contribution in [3.05, 3.63) is 70.9 Å². The minimum atomic E-state index is -0.308. The number of halogens is 1. The summed E-state index contributed by atoms with van der Waals surface area (Å²) in [5.41, 5.74) is 2.80. The molecule has 1 N–H and O–H groups in total. The Morgan fingerprint density at radius 3 is 2.80 bits per heavy atom. The van der Waals surface area contributed by atoms with Gasteiger partial charge in [0.2, 0.25) is 0 Å². The topological polar surface area (TPSA) is 57.9 Å². The maximum atomic E-state index is 12.9. The first-order valence-electron chi connectivity index (χ1n) is 7.42.